The highest BCUT2D eigenvalue weighted by Crippen LogP contribution is 2.39. The molecule has 0 amide bonds. The topological polar surface area (TPSA) is 27.1 Å². The van der Waals surface area contributed by atoms with Crippen molar-refractivity contribution in [2.75, 3.05) is 14.1 Å². The molecule has 1 aliphatic carbocycles. The van der Waals surface area contributed by atoms with Gasteiger partial charge >= 0.3 is 0 Å². The molecule has 3 aromatic carbocycles. The van der Waals surface area contributed by atoms with Crippen LogP contribution in [0.4, 0.5) is 4.39 Å². The molecule has 1 atom stereocenters. The first-order valence-corrected chi connectivity index (χ1v) is 12.2. The fraction of sp³-hybridized carbons (Fsp3) is 0.281. The third-order valence-electron chi connectivity index (χ3n) is 6.14. The quantitative estimate of drug-likeness (QED) is 0.162. The van der Waals surface area contributed by atoms with Crippen molar-refractivity contribution in [1.29, 1.82) is 5.41 Å². The van der Waals surface area contributed by atoms with E-state index in [0.29, 0.717) is 17.8 Å². The molecule has 1 fully saturated rings. The minimum absolute atomic E-state index is 0.172. The first kappa shape index (κ1) is 26.0. The predicted octanol–water partition coefficient (Wildman–Crippen LogP) is 8.02. The van der Waals surface area contributed by atoms with Gasteiger partial charge in [0.1, 0.15) is 5.82 Å². The Bertz CT molecular complexity index is 1200. The van der Waals surface area contributed by atoms with Gasteiger partial charge in [-0.25, -0.2) is 4.39 Å². The summed E-state index contributed by atoms with van der Waals surface area (Å²) in [6.07, 6.45) is 6.12. The number of nitrogens with zero attached hydrogens (tertiary/aromatic N) is 1. The van der Waals surface area contributed by atoms with Gasteiger partial charge in [0.05, 0.1) is 5.84 Å². The number of amidine groups is 1. The maximum atomic E-state index is 14.0. The third-order valence-corrected chi connectivity index (χ3v) is 6.14. The number of rotatable bonds is 7. The molecule has 4 rings (SSSR count). The lowest BCUT2D eigenvalue weighted by atomic mass is 9.89. The highest BCUT2D eigenvalue weighted by atomic mass is 19.1. The number of hydrogen-bond acceptors (Lipinski definition) is 1. The summed E-state index contributed by atoms with van der Waals surface area (Å²) in [5.41, 5.74) is 5.08. The zero-order valence-corrected chi connectivity index (χ0v) is 21.0. The molecule has 3 heteroatoms. The Labute approximate surface area is 210 Å². The van der Waals surface area contributed by atoms with E-state index in [4.69, 9.17) is 5.41 Å². The molecule has 0 saturated heterocycles. The Morgan fingerprint density at radius 1 is 1.06 bits per heavy atom. The van der Waals surface area contributed by atoms with Crippen LogP contribution >= 0.6 is 0 Å². The zero-order valence-electron chi connectivity index (χ0n) is 21.0. The van der Waals surface area contributed by atoms with Crippen molar-refractivity contribution in [3.05, 3.63) is 108 Å². The van der Waals surface area contributed by atoms with Gasteiger partial charge in [-0.3, -0.25) is 5.41 Å². The van der Waals surface area contributed by atoms with E-state index < -0.39 is 0 Å². The Hall–Kier alpha value is -3.64. The summed E-state index contributed by atoms with van der Waals surface area (Å²) in [7, 11) is 3.76. The lowest BCUT2D eigenvalue weighted by molar-refractivity contribution is 0.574. The first-order chi connectivity index (χ1) is 16.9. The van der Waals surface area contributed by atoms with Gasteiger partial charge in [0.15, 0.2) is 0 Å². The van der Waals surface area contributed by atoms with E-state index in [1.165, 1.54) is 30.5 Å². The van der Waals surface area contributed by atoms with Gasteiger partial charge in [-0.2, -0.15) is 0 Å². The van der Waals surface area contributed by atoms with Crippen LogP contribution in [-0.4, -0.2) is 24.8 Å². The van der Waals surface area contributed by atoms with Gasteiger partial charge in [0.25, 0.3) is 0 Å². The first-order valence-electron chi connectivity index (χ1n) is 12.2. The normalized spacial score (nSPS) is 12.9. The monoisotopic (exact) mass is 466 g/mol. The van der Waals surface area contributed by atoms with Gasteiger partial charge in [-0.15, -0.1) is 12.5 Å². The molecule has 1 saturated carbocycles. The summed E-state index contributed by atoms with van der Waals surface area (Å²) >= 11 is 0. The Morgan fingerprint density at radius 3 is 2.43 bits per heavy atom. The van der Waals surface area contributed by atoms with Crippen LogP contribution in [0.2, 0.25) is 0 Å². The Morgan fingerprint density at radius 2 is 1.80 bits per heavy atom. The summed E-state index contributed by atoms with van der Waals surface area (Å²) in [5.74, 6) is 7.10. The molecule has 0 spiro atoms. The number of hydrogen-bond donors (Lipinski definition) is 1. The Kier molecular flexibility index (Phi) is 9.44. The van der Waals surface area contributed by atoms with Crippen LogP contribution < -0.4 is 0 Å². The fourth-order valence-electron chi connectivity index (χ4n) is 4.04. The molecule has 0 bridgehead atoms. The third kappa shape index (κ3) is 7.97. The minimum atomic E-state index is -0.289. The van der Waals surface area contributed by atoms with Crippen LogP contribution in [0.3, 0.4) is 0 Å². The lowest BCUT2D eigenvalue weighted by Crippen LogP contribution is -2.23. The lowest BCUT2D eigenvalue weighted by Gasteiger charge is -2.21. The molecular weight excluding hydrogens is 431 g/mol. The molecule has 0 aromatic heterocycles. The average molecular weight is 467 g/mol. The van der Waals surface area contributed by atoms with Gasteiger partial charge in [-0.1, -0.05) is 66.6 Å². The maximum Gasteiger partial charge on any atom is 0.125 e. The second-order valence-corrected chi connectivity index (χ2v) is 9.18. The van der Waals surface area contributed by atoms with E-state index in [2.05, 4.69) is 60.9 Å². The minimum Gasteiger partial charge on any atom is -0.367 e. The molecule has 1 N–H and O–H groups in total. The second kappa shape index (κ2) is 12.7. The van der Waals surface area contributed by atoms with E-state index >= 15 is 0 Å². The molecule has 180 valence electrons. The van der Waals surface area contributed by atoms with E-state index in [1.54, 1.807) is 6.92 Å². The standard InChI is InChI=1S/C23H25FN2.C9H10/c1-5-8-17-12-21(15-22(24)13-17)20-11-7-10-19(14-20)18(9-6-2)16-23(25)26(3)4;1-2-4-8(5-3-1)9-6-7-9/h6-7,10-15,18,25H,2,9,16H2,1,3-4H3;1-5,9H,6-7H2. The summed E-state index contributed by atoms with van der Waals surface area (Å²) < 4.78 is 14.0. The number of halogens is 1. The highest BCUT2D eigenvalue weighted by molar-refractivity contribution is 5.79. The van der Waals surface area contributed by atoms with Crippen molar-refractivity contribution in [2.45, 2.75) is 44.4 Å². The van der Waals surface area contributed by atoms with Gasteiger partial charge < -0.3 is 4.90 Å². The van der Waals surface area contributed by atoms with Crippen molar-refractivity contribution < 1.29 is 4.39 Å². The van der Waals surface area contributed by atoms with Crippen LogP contribution in [-0.2, 0) is 0 Å². The van der Waals surface area contributed by atoms with Crippen molar-refractivity contribution in [3.63, 3.8) is 0 Å². The summed E-state index contributed by atoms with van der Waals surface area (Å²) in [4.78, 5) is 1.82. The SMILES string of the molecule is C=CCC(CC(=N)N(C)C)c1cccc(-c2cc(F)cc(C#CC)c2)c1.c1ccc(C2CC2)cc1. The van der Waals surface area contributed by atoms with Gasteiger partial charge in [0, 0.05) is 26.1 Å². The van der Waals surface area contributed by atoms with E-state index in [9.17, 15) is 4.39 Å². The van der Waals surface area contributed by atoms with Crippen LogP contribution in [0, 0.1) is 23.1 Å². The van der Waals surface area contributed by atoms with Crippen LogP contribution in [0.1, 0.15) is 61.1 Å². The maximum absolute atomic E-state index is 14.0. The summed E-state index contributed by atoms with van der Waals surface area (Å²) in [5, 5.41) is 8.15. The van der Waals surface area contributed by atoms with Crippen LogP contribution in [0.5, 0.6) is 0 Å². The average Bonchev–Trinajstić information content (AvgIpc) is 3.70. The van der Waals surface area contributed by atoms with Crippen LogP contribution in [0.25, 0.3) is 11.1 Å². The molecule has 0 heterocycles. The second-order valence-electron chi connectivity index (χ2n) is 9.18. The van der Waals surface area contributed by atoms with Crippen molar-refractivity contribution in [3.8, 4) is 23.0 Å². The van der Waals surface area contributed by atoms with Crippen LogP contribution in [0.15, 0.2) is 85.5 Å². The molecule has 0 aliphatic heterocycles. The number of benzene rings is 3. The predicted molar refractivity (Wildman–Crippen MR) is 146 cm³/mol. The largest absolute Gasteiger partial charge is 0.367 e. The molecule has 35 heavy (non-hydrogen) atoms. The molecule has 1 aliphatic rings. The van der Waals surface area contributed by atoms with E-state index in [-0.39, 0.29) is 11.7 Å². The van der Waals surface area contributed by atoms with Crippen molar-refractivity contribution in [2.24, 2.45) is 0 Å². The summed E-state index contributed by atoms with van der Waals surface area (Å²) in [6, 6.07) is 23.7. The van der Waals surface area contributed by atoms with Gasteiger partial charge in [-0.05, 0) is 78.5 Å². The smallest absolute Gasteiger partial charge is 0.125 e. The van der Waals surface area contributed by atoms with Crippen molar-refractivity contribution >= 4 is 5.84 Å². The summed E-state index contributed by atoms with van der Waals surface area (Å²) in [6.45, 7) is 5.59. The molecule has 0 radical (unpaired) electrons. The van der Waals surface area contributed by atoms with Crippen molar-refractivity contribution in [1.82, 2.24) is 4.90 Å². The number of allylic oxidation sites excluding steroid dienone is 1. The Balaban J connectivity index is 0.000000313. The number of nitrogens with one attached hydrogen (secondary N) is 1. The van der Waals surface area contributed by atoms with E-state index in [0.717, 1.165) is 29.0 Å². The highest BCUT2D eigenvalue weighted by Gasteiger charge is 2.22. The molecule has 2 nitrogen and oxygen atoms in total. The molecule has 3 aromatic rings. The fourth-order valence-corrected chi connectivity index (χ4v) is 4.04. The van der Waals surface area contributed by atoms with E-state index in [1.807, 2.05) is 43.3 Å². The zero-order chi connectivity index (χ0) is 25.2. The van der Waals surface area contributed by atoms with Gasteiger partial charge in [0.2, 0.25) is 0 Å². The molecule has 1 unspecified atom stereocenters. The molecular formula is C32H35FN2.